The van der Waals surface area contributed by atoms with Gasteiger partial charge < -0.3 is 65.1 Å². The summed E-state index contributed by atoms with van der Waals surface area (Å²) in [5.41, 5.74) is 0. The maximum absolute atomic E-state index is 13.1. The maximum Gasteiger partial charge on any atom is 0.220 e. The van der Waals surface area contributed by atoms with E-state index in [1.807, 2.05) is 0 Å². The van der Waals surface area contributed by atoms with Crippen LogP contribution in [0.4, 0.5) is 0 Å². The Morgan fingerprint density at radius 2 is 1.13 bits per heavy atom. The van der Waals surface area contributed by atoms with Crippen molar-refractivity contribution in [3.05, 3.63) is 36.5 Å². The van der Waals surface area contributed by atoms with E-state index in [1.165, 1.54) is 51.4 Å². The SMILES string of the molecule is CC/C=C\C/C=C\C/C=C\CCCCCCCCCC(=O)NC(COC1OC(CO)C(OC2OC(CO)C(O)C(O)C2O)C(O)C1O)C(O)CCCCCCCCCCCC. The lowest BCUT2D eigenvalue weighted by Gasteiger charge is -2.46. The number of allylic oxidation sites excluding steroid dienone is 6. The van der Waals surface area contributed by atoms with E-state index in [0.717, 1.165) is 77.0 Å². The number of ether oxygens (including phenoxy) is 4. The fraction of sp³-hybridized carbons (Fsp3) is 0.851. The molecule has 2 rings (SSSR count). The number of hydrogen-bond donors (Lipinski definition) is 9. The summed E-state index contributed by atoms with van der Waals surface area (Å²) < 4.78 is 22.7. The van der Waals surface area contributed by atoms with Gasteiger partial charge in [-0.05, 0) is 44.9 Å². The first-order valence-corrected chi connectivity index (χ1v) is 23.7. The number of carbonyl (C=O) groups is 1. The van der Waals surface area contributed by atoms with E-state index in [0.29, 0.717) is 19.3 Å². The van der Waals surface area contributed by atoms with E-state index >= 15 is 0 Å². The molecule has 0 bridgehead atoms. The molecule has 12 unspecified atom stereocenters. The van der Waals surface area contributed by atoms with E-state index in [1.54, 1.807) is 0 Å². The Balaban J connectivity index is 1.85. The summed E-state index contributed by atoms with van der Waals surface area (Å²) in [5.74, 6) is -0.221. The minimum atomic E-state index is -1.78. The highest BCUT2D eigenvalue weighted by Crippen LogP contribution is 2.30. The second kappa shape index (κ2) is 34.6. The molecule has 12 atom stereocenters. The summed E-state index contributed by atoms with van der Waals surface area (Å²) in [5, 5.41) is 86.6. The van der Waals surface area contributed by atoms with Crippen LogP contribution >= 0.6 is 0 Å². The lowest BCUT2D eigenvalue weighted by atomic mass is 9.97. The molecule has 356 valence electrons. The Morgan fingerprint density at radius 3 is 1.74 bits per heavy atom. The number of aliphatic hydroxyl groups excluding tert-OH is 8. The molecule has 2 aliphatic heterocycles. The minimum Gasteiger partial charge on any atom is -0.394 e. The second-order valence-corrected chi connectivity index (χ2v) is 16.9. The van der Waals surface area contributed by atoms with Crippen LogP contribution < -0.4 is 5.32 Å². The Kier molecular flexibility index (Phi) is 31.4. The molecule has 0 aromatic carbocycles. The highest BCUT2D eigenvalue weighted by atomic mass is 16.7. The molecular weight excluding hydrogens is 787 g/mol. The van der Waals surface area contributed by atoms with E-state index in [-0.39, 0.29) is 12.5 Å². The molecule has 14 heteroatoms. The molecule has 14 nitrogen and oxygen atoms in total. The van der Waals surface area contributed by atoms with Crippen molar-refractivity contribution in [2.45, 2.75) is 235 Å². The Morgan fingerprint density at radius 1 is 0.607 bits per heavy atom. The minimum absolute atomic E-state index is 0.221. The number of rotatable bonds is 35. The van der Waals surface area contributed by atoms with Gasteiger partial charge in [-0.3, -0.25) is 4.79 Å². The molecule has 2 aliphatic rings. The molecule has 1 amide bonds. The summed E-state index contributed by atoms with van der Waals surface area (Å²) in [6.45, 7) is 2.69. The maximum atomic E-state index is 13.1. The van der Waals surface area contributed by atoms with Gasteiger partial charge in [0.1, 0.15) is 48.8 Å². The molecule has 0 aliphatic carbocycles. The van der Waals surface area contributed by atoms with Crippen LogP contribution in [-0.4, -0.2) is 140 Å². The van der Waals surface area contributed by atoms with Crippen molar-refractivity contribution >= 4 is 5.91 Å². The lowest BCUT2D eigenvalue weighted by Crippen LogP contribution is -2.65. The first kappa shape index (κ1) is 55.3. The van der Waals surface area contributed by atoms with Gasteiger partial charge in [0.05, 0.1) is 32.0 Å². The zero-order valence-corrected chi connectivity index (χ0v) is 37.4. The third kappa shape index (κ3) is 22.6. The zero-order chi connectivity index (χ0) is 44.7. The summed E-state index contributed by atoms with van der Waals surface area (Å²) in [6.07, 6.45) is 20.1. The number of unbranched alkanes of at least 4 members (excludes halogenated alkanes) is 16. The number of aliphatic hydroxyl groups is 8. The molecule has 0 aromatic heterocycles. The van der Waals surface area contributed by atoms with Crippen molar-refractivity contribution in [3.63, 3.8) is 0 Å². The van der Waals surface area contributed by atoms with Crippen LogP contribution in [0, 0.1) is 0 Å². The smallest absolute Gasteiger partial charge is 0.220 e. The topological polar surface area (TPSA) is 228 Å². The number of hydrogen-bond acceptors (Lipinski definition) is 13. The molecule has 2 heterocycles. The first-order chi connectivity index (χ1) is 29.6. The molecule has 2 fully saturated rings. The summed E-state index contributed by atoms with van der Waals surface area (Å²) in [4.78, 5) is 13.1. The molecule has 0 aromatic rings. The Labute approximate surface area is 366 Å². The van der Waals surface area contributed by atoms with Gasteiger partial charge in [0, 0.05) is 6.42 Å². The van der Waals surface area contributed by atoms with Crippen LogP contribution in [0.5, 0.6) is 0 Å². The van der Waals surface area contributed by atoms with Gasteiger partial charge in [-0.15, -0.1) is 0 Å². The normalized spacial score (nSPS) is 28.3. The van der Waals surface area contributed by atoms with Crippen LogP contribution in [0.15, 0.2) is 36.5 Å². The van der Waals surface area contributed by atoms with Crippen LogP contribution in [0.25, 0.3) is 0 Å². The quantitative estimate of drug-likeness (QED) is 0.0297. The third-order valence-electron chi connectivity index (χ3n) is 11.6. The molecule has 61 heavy (non-hydrogen) atoms. The number of nitrogens with one attached hydrogen (secondary N) is 1. The fourth-order valence-electron chi connectivity index (χ4n) is 7.72. The average Bonchev–Trinajstić information content (AvgIpc) is 3.26. The van der Waals surface area contributed by atoms with Gasteiger partial charge in [0.2, 0.25) is 5.91 Å². The van der Waals surface area contributed by atoms with Gasteiger partial charge in [0.25, 0.3) is 0 Å². The summed E-state index contributed by atoms with van der Waals surface area (Å²) in [6, 6.07) is -0.831. The largest absolute Gasteiger partial charge is 0.394 e. The highest BCUT2D eigenvalue weighted by Gasteiger charge is 2.51. The van der Waals surface area contributed by atoms with Crippen molar-refractivity contribution in [2.24, 2.45) is 0 Å². The molecule has 0 radical (unpaired) electrons. The monoisotopic (exact) mass is 872 g/mol. The molecule has 0 saturated carbocycles. The number of carbonyl (C=O) groups excluding carboxylic acids is 1. The van der Waals surface area contributed by atoms with Gasteiger partial charge in [0.15, 0.2) is 12.6 Å². The summed E-state index contributed by atoms with van der Waals surface area (Å²) >= 11 is 0. The summed E-state index contributed by atoms with van der Waals surface area (Å²) in [7, 11) is 0. The van der Waals surface area contributed by atoms with Crippen molar-refractivity contribution in [1.29, 1.82) is 0 Å². The fourth-order valence-corrected chi connectivity index (χ4v) is 7.72. The molecule has 2 saturated heterocycles. The van der Waals surface area contributed by atoms with Crippen molar-refractivity contribution in [1.82, 2.24) is 5.32 Å². The van der Waals surface area contributed by atoms with E-state index in [4.69, 9.17) is 18.9 Å². The van der Waals surface area contributed by atoms with Gasteiger partial charge in [-0.2, -0.15) is 0 Å². The second-order valence-electron chi connectivity index (χ2n) is 16.9. The number of amides is 1. The van der Waals surface area contributed by atoms with Gasteiger partial charge in [-0.25, -0.2) is 0 Å². The standard InChI is InChI=1S/C47H85NO13/c1-3-5-7-9-11-13-15-16-17-18-19-20-21-23-25-27-29-31-39(52)48-35(36(51)30-28-26-24-22-14-12-10-8-6-4-2)34-58-46-44(57)42(55)45(38(33-50)60-46)61-47-43(56)41(54)40(53)37(32-49)59-47/h5,7,11,13,16-17,35-38,40-47,49-51,53-57H,3-4,6,8-10,12,14-15,18-34H2,1-2H3,(H,48,52)/b7-5-,13-11-,17-16-. The molecule has 0 spiro atoms. The Bertz CT molecular complexity index is 1170. The molecule has 9 N–H and O–H groups in total. The zero-order valence-electron chi connectivity index (χ0n) is 37.4. The predicted octanol–water partition coefficient (Wildman–Crippen LogP) is 5.15. The predicted molar refractivity (Wildman–Crippen MR) is 235 cm³/mol. The average molecular weight is 872 g/mol. The van der Waals surface area contributed by atoms with E-state index in [9.17, 15) is 45.6 Å². The van der Waals surface area contributed by atoms with E-state index in [2.05, 4.69) is 55.6 Å². The van der Waals surface area contributed by atoms with Crippen molar-refractivity contribution < 1.29 is 64.6 Å². The lowest BCUT2D eigenvalue weighted by molar-refractivity contribution is -0.359. The van der Waals surface area contributed by atoms with Crippen molar-refractivity contribution in [2.75, 3.05) is 19.8 Å². The van der Waals surface area contributed by atoms with Crippen LogP contribution in [0.2, 0.25) is 0 Å². The first-order valence-electron chi connectivity index (χ1n) is 23.7. The van der Waals surface area contributed by atoms with Crippen molar-refractivity contribution in [3.8, 4) is 0 Å². The van der Waals surface area contributed by atoms with Gasteiger partial charge in [-0.1, -0.05) is 147 Å². The van der Waals surface area contributed by atoms with Crippen LogP contribution in [-0.2, 0) is 23.7 Å². The van der Waals surface area contributed by atoms with Crippen LogP contribution in [0.3, 0.4) is 0 Å². The van der Waals surface area contributed by atoms with Gasteiger partial charge >= 0.3 is 0 Å². The van der Waals surface area contributed by atoms with Crippen LogP contribution in [0.1, 0.15) is 162 Å². The molecular formula is C47H85NO13. The Hall–Kier alpha value is -1.79. The highest BCUT2D eigenvalue weighted by molar-refractivity contribution is 5.76. The van der Waals surface area contributed by atoms with E-state index < -0.39 is 86.8 Å². The third-order valence-corrected chi connectivity index (χ3v) is 11.6.